The standard InChI is InChI=1S/C21H32N2O2/c1-20(2,3)25-19(24)23-14-8-12-21(17-23)11-7-13-22(16-21)15-18-9-5-4-6-10-18/h4-6,9-10H,7-8,11-17H2,1-3H3. The van der Waals surface area contributed by atoms with Crippen LogP contribution < -0.4 is 0 Å². The van der Waals surface area contributed by atoms with Gasteiger partial charge in [0.1, 0.15) is 5.60 Å². The highest BCUT2D eigenvalue weighted by molar-refractivity contribution is 5.68. The first-order valence-corrected chi connectivity index (χ1v) is 9.60. The molecule has 1 aromatic carbocycles. The highest BCUT2D eigenvalue weighted by atomic mass is 16.6. The third-order valence-electron chi connectivity index (χ3n) is 5.30. The van der Waals surface area contributed by atoms with E-state index in [0.29, 0.717) is 0 Å². The number of hydrogen-bond acceptors (Lipinski definition) is 3. The molecule has 0 radical (unpaired) electrons. The Morgan fingerprint density at radius 1 is 1.08 bits per heavy atom. The smallest absolute Gasteiger partial charge is 0.410 e. The molecule has 0 aliphatic carbocycles. The van der Waals surface area contributed by atoms with Crippen molar-refractivity contribution in [1.29, 1.82) is 0 Å². The molecule has 2 saturated heterocycles. The van der Waals surface area contributed by atoms with E-state index in [1.807, 2.05) is 25.7 Å². The molecule has 4 nitrogen and oxygen atoms in total. The lowest BCUT2D eigenvalue weighted by molar-refractivity contribution is -0.0169. The maximum Gasteiger partial charge on any atom is 0.410 e. The minimum Gasteiger partial charge on any atom is -0.444 e. The van der Waals surface area contributed by atoms with Crippen molar-refractivity contribution >= 4 is 6.09 Å². The molecule has 2 fully saturated rings. The third kappa shape index (κ3) is 4.97. The lowest BCUT2D eigenvalue weighted by Gasteiger charge is -2.48. The fourth-order valence-electron chi connectivity index (χ4n) is 4.31. The summed E-state index contributed by atoms with van der Waals surface area (Å²) in [6, 6.07) is 10.7. The molecule has 25 heavy (non-hydrogen) atoms. The molecule has 0 saturated carbocycles. The first-order chi connectivity index (χ1) is 11.9. The van der Waals surface area contributed by atoms with Gasteiger partial charge in [0.2, 0.25) is 0 Å². The van der Waals surface area contributed by atoms with E-state index in [9.17, 15) is 4.79 Å². The van der Waals surface area contributed by atoms with E-state index in [1.165, 1.54) is 24.8 Å². The molecular formula is C21H32N2O2. The van der Waals surface area contributed by atoms with Crippen LogP contribution >= 0.6 is 0 Å². The van der Waals surface area contributed by atoms with Crippen LogP contribution in [0.15, 0.2) is 30.3 Å². The van der Waals surface area contributed by atoms with Gasteiger partial charge in [0.15, 0.2) is 0 Å². The number of rotatable bonds is 2. The normalized spacial score (nSPS) is 25.2. The van der Waals surface area contributed by atoms with E-state index in [1.54, 1.807) is 0 Å². The second kappa shape index (κ2) is 7.36. The largest absolute Gasteiger partial charge is 0.444 e. The van der Waals surface area contributed by atoms with Crippen molar-refractivity contribution in [3.63, 3.8) is 0 Å². The van der Waals surface area contributed by atoms with Crippen molar-refractivity contribution in [2.45, 2.75) is 58.6 Å². The minimum absolute atomic E-state index is 0.147. The molecule has 2 aliphatic heterocycles. The second-order valence-electron chi connectivity index (χ2n) is 8.81. The topological polar surface area (TPSA) is 32.8 Å². The molecule has 138 valence electrons. The Balaban J connectivity index is 1.63. The van der Waals surface area contributed by atoms with Crippen LogP contribution in [0.5, 0.6) is 0 Å². The summed E-state index contributed by atoms with van der Waals surface area (Å²) in [5, 5.41) is 0. The van der Waals surface area contributed by atoms with Crippen molar-refractivity contribution < 1.29 is 9.53 Å². The van der Waals surface area contributed by atoms with Crippen LogP contribution in [0.3, 0.4) is 0 Å². The Hall–Kier alpha value is -1.55. The van der Waals surface area contributed by atoms with Crippen LogP contribution in [-0.2, 0) is 11.3 Å². The molecule has 2 aliphatic rings. The monoisotopic (exact) mass is 344 g/mol. The van der Waals surface area contributed by atoms with Gasteiger partial charge in [-0.1, -0.05) is 30.3 Å². The fraction of sp³-hybridized carbons (Fsp3) is 0.667. The summed E-state index contributed by atoms with van der Waals surface area (Å²) in [6.45, 7) is 10.7. The molecule has 0 N–H and O–H groups in total. The van der Waals surface area contributed by atoms with Crippen LogP contribution in [-0.4, -0.2) is 47.7 Å². The molecule has 1 aromatic rings. The highest BCUT2D eigenvalue weighted by Crippen LogP contribution is 2.39. The Labute approximate surface area is 152 Å². The van der Waals surface area contributed by atoms with Crippen molar-refractivity contribution in [2.24, 2.45) is 5.41 Å². The van der Waals surface area contributed by atoms with Gasteiger partial charge in [0.05, 0.1) is 0 Å². The van der Waals surface area contributed by atoms with E-state index in [-0.39, 0.29) is 11.5 Å². The van der Waals surface area contributed by atoms with Crippen molar-refractivity contribution in [3.8, 4) is 0 Å². The van der Waals surface area contributed by atoms with E-state index in [2.05, 4.69) is 35.2 Å². The van der Waals surface area contributed by atoms with E-state index >= 15 is 0 Å². The number of carbonyl (C=O) groups excluding carboxylic acids is 1. The number of piperidine rings is 2. The Morgan fingerprint density at radius 3 is 2.44 bits per heavy atom. The van der Waals surface area contributed by atoms with Crippen LogP contribution in [0.4, 0.5) is 4.79 Å². The first kappa shape index (κ1) is 18.2. The maximum atomic E-state index is 12.5. The molecular weight excluding hydrogens is 312 g/mol. The number of carbonyl (C=O) groups is 1. The Kier molecular flexibility index (Phi) is 5.38. The SMILES string of the molecule is CC(C)(C)OC(=O)N1CCCC2(CCCN(Cc3ccccc3)C2)C1. The average molecular weight is 344 g/mol. The number of ether oxygens (including phenoxy) is 1. The first-order valence-electron chi connectivity index (χ1n) is 9.60. The zero-order valence-corrected chi connectivity index (χ0v) is 16.0. The summed E-state index contributed by atoms with van der Waals surface area (Å²) in [7, 11) is 0. The zero-order valence-electron chi connectivity index (χ0n) is 16.0. The molecule has 1 unspecified atom stereocenters. The lowest BCUT2D eigenvalue weighted by atomic mass is 9.73. The van der Waals surface area contributed by atoms with Crippen molar-refractivity contribution in [3.05, 3.63) is 35.9 Å². The Bertz CT molecular complexity index is 577. The predicted octanol–water partition coefficient (Wildman–Crippen LogP) is 4.30. The highest BCUT2D eigenvalue weighted by Gasteiger charge is 2.41. The number of likely N-dealkylation sites (tertiary alicyclic amines) is 2. The lowest BCUT2D eigenvalue weighted by Crippen LogP contribution is -2.54. The number of nitrogens with zero attached hydrogens (tertiary/aromatic N) is 2. The summed E-state index contributed by atoms with van der Waals surface area (Å²) in [5.74, 6) is 0. The quantitative estimate of drug-likeness (QED) is 0.802. The van der Waals surface area contributed by atoms with E-state index in [4.69, 9.17) is 4.74 Å². The van der Waals surface area contributed by atoms with Crippen LogP contribution in [0, 0.1) is 5.41 Å². The molecule has 1 atom stereocenters. The van der Waals surface area contributed by atoms with Crippen molar-refractivity contribution in [2.75, 3.05) is 26.2 Å². The third-order valence-corrected chi connectivity index (χ3v) is 5.30. The van der Waals surface area contributed by atoms with Gasteiger partial charge in [-0.2, -0.15) is 0 Å². The molecule has 3 rings (SSSR count). The predicted molar refractivity (Wildman–Crippen MR) is 100 cm³/mol. The molecule has 2 heterocycles. The van der Waals surface area contributed by atoms with Gasteiger partial charge in [-0.05, 0) is 58.6 Å². The molecule has 1 spiro atoms. The summed E-state index contributed by atoms with van der Waals surface area (Å²) in [4.78, 5) is 17.0. The van der Waals surface area contributed by atoms with Gasteiger partial charge < -0.3 is 9.64 Å². The van der Waals surface area contributed by atoms with Gasteiger partial charge >= 0.3 is 6.09 Å². The Morgan fingerprint density at radius 2 is 1.76 bits per heavy atom. The van der Waals surface area contributed by atoms with Gasteiger partial charge in [-0.25, -0.2) is 4.79 Å². The number of hydrogen-bond donors (Lipinski definition) is 0. The van der Waals surface area contributed by atoms with E-state index in [0.717, 1.165) is 39.1 Å². The van der Waals surface area contributed by atoms with Gasteiger partial charge in [0, 0.05) is 31.6 Å². The second-order valence-corrected chi connectivity index (χ2v) is 8.81. The average Bonchev–Trinajstić information content (AvgIpc) is 2.54. The summed E-state index contributed by atoms with van der Waals surface area (Å²) < 4.78 is 5.61. The molecule has 1 amide bonds. The summed E-state index contributed by atoms with van der Waals surface area (Å²) in [5.41, 5.74) is 1.19. The van der Waals surface area contributed by atoms with Crippen LogP contribution in [0.25, 0.3) is 0 Å². The van der Waals surface area contributed by atoms with Crippen LogP contribution in [0.2, 0.25) is 0 Å². The number of benzene rings is 1. The zero-order chi connectivity index (χ0) is 17.9. The summed E-state index contributed by atoms with van der Waals surface area (Å²) in [6.07, 6.45) is 4.59. The molecule has 0 bridgehead atoms. The van der Waals surface area contributed by atoms with E-state index < -0.39 is 5.60 Å². The minimum atomic E-state index is -0.423. The fourth-order valence-corrected chi connectivity index (χ4v) is 4.31. The molecule has 0 aromatic heterocycles. The van der Waals surface area contributed by atoms with Crippen LogP contribution in [0.1, 0.15) is 52.0 Å². The number of amides is 1. The van der Waals surface area contributed by atoms with Crippen molar-refractivity contribution in [1.82, 2.24) is 9.80 Å². The maximum absolute atomic E-state index is 12.5. The van der Waals surface area contributed by atoms with Gasteiger partial charge in [-0.3, -0.25) is 4.90 Å². The van der Waals surface area contributed by atoms with Gasteiger partial charge in [0.25, 0.3) is 0 Å². The van der Waals surface area contributed by atoms with Gasteiger partial charge in [-0.15, -0.1) is 0 Å². The molecule has 4 heteroatoms. The summed E-state index contributed by atoms with van der Waals surface area (Å²) >= 11 is 0.